The lowest BCUT2D eigenvalue weighted by Crippen LogP contribution is -2.33. The summed E-state index contributed by atoms with van der Waals surface area (Å²) in [5, 5.41) is 3.60. The molecule has 2 N–H and O–H groups in total. The lowest BCUT2D eigenvalue weighted by Gasteiger charge is -2.25. The fourth-order valence-electron chi connectivity index (χ4n) is 2.20. The minimum Gasteiger partial charge on any atom is -0.393 e. The molecule has 6 nitrogen and oxygen atoms in total. The summed E-state index contributed by atoms with van der Waals surface area (Å²) in [6, 6.07) is 8.67. The molecular formula is C15H21N3O3. The number of oxime groups is 1. The van der Waals surface area contributed by atoms with E-state index >= 15 is 0 Å². The highest BCUT2D eigenvalue weighted by Gasteiger charge is 2.11. The number of amidine groups is 1. The van der Waals surface area contributed by atoms with Gasteiger partial charge < -0.3 is 15.4 Å². The Morgan fingerprint density at radius 3 is 2.62 bits per heavy atom. The molecule has 0 unspecified atom stereocenters. The van der Waals surface area contributed by atoms with E-state index in [1.54, 1.807) is 24.3 Å². The van der Waals surface area contributed by atoms with E-state index < -0.39 is 6.16 Å². The number of likely N-dealkylation sites (tertiary alicyclic amines) is 1. The predicted molar refractivity (Wildman–Crippen MR) is 80.1 cm³/mol. The Morgan fingerprint density at radius 2 is 1.90 bits per heavy atom. The van der Waals surface area contributed by atoms with Crippen molar-refractivity contribution in [3.05, 3.63) is 30.3 Å². The van der Waals surface area contributed by atoms with Gasteiger partial charge in [0.15, 0.2) is 0 Å². The van der Waals surface area contributed by atoms with Gasteiger partial charge in [-0.3, -0.25) is 4.84 Å². The molecule has 0 aromatic heterocycles. The minimum atomic E-state index is -0.887. The molecule has 1 fully saturated rings. The number of rotatable bonds is 5. The maximum Gasteiger partial charge on any atom is 0.540 e. The van der Waals surface area contributed by atoms with Crippen molar-refractivity contribution < 1.29 is 14.4 Å². The number of para-hydroxylation sites is 1. The van der Waals surface area contributed by atoms with Crippen molar-refractivity contribution in [3.8, 4) is 5.75 Å². The fourth-order valence-corrected chi connectivity index (χ4v) is 2.20. The maximum atomic E-state index is 11.4. The van der Waals surface area contributed by atoms with Crippen molar-refractivity contribution in [2.24, 2.45) is 10.9 Å². The molecule has 1 aliphatic rings. The molecule has 0 atom stereocenters. The average molecular weight is 291 g/mol. The van der Waals surface area contributed by atoms with Crippen LogP contribution in [0.25, 0.3) is 0 Å². The van der Waals surface area contributed by atoms with Crippen LogP contribution in [0.5, 0.6) is 5.75 Å². The fraction of sp³-hybridized carbons (Fsp3) is 0.467. The summed E-state index contributed by atoms with van der Waals surface area (Å²) < 4.78 is 4.93. The molecular weight excluding hydrogens is 270 g/mol. The first-order chi connectivity index (χ1) is 10.2. The smallest absolute Gasteiger partial charge is 0.393 e. The molecule has 1 aliphatic heterocycles. The molecule has 21 heavy (non-hydrogen) atoms. The molecule has 0 radical (unpaired) electrons. The largest absolute Gasteiger partial charge is 0.540 e. The van der Waals surface area contributed by atoms with Crippen LogP contribution >= 0.6 is 0 Å². The maximum absolute atomic E-state index is 11.4. The second-order valence-corrected chi connectivity index (χ2v) is 4.99. The second-order valence-electron chi connectivity index (χ2n) is 4.99. The number of piperidine rings is 1. The van der Waals surface area contributed by atoms with Crippen molar-refractivity contribution >= 4 is 12.0 Å². The highest BCUT2D eigenvalue weighted by molar-refractivity contribution is 5.80. The van der Waals surface area contributed by atoms with Crippen molar-refractivity contribution in [2.45, 2.75) is 25.7 Å². The molecule has 1 heterocycles. The van der Waals surface area contributed by atoms with Gasteiger partial charge in [-0.05, 0) is 38.1 Å². The topological polar surface area (TPSA) is 77.1 Å². The second kappa shape index (κ2) is 8.26. The normalized spacial score (nSPS) is 16.5. The van der Waals surface area contributed by atoms with Crippen LogP contribution in [-0.2, 0) is 4.84 Å². The van der Waals surface area contributed by atoms with Crippen LogP contribution in [0.3, 0.4) is 0 Å². The zero-order valence-corrected chi connectivity index (χ0v) is 12.0. The average Bonchev–Trinajstić information content (AvgIpc) is 2.53. The van der Waals surface area contributed by atoms with Gasteiger partial charge in [0.25, 0.3) is 0 Å². The van der Waals surface area contributed by atoms with Crippen molar-refractivity contribution in [3.63, 3.8) is 0 Å². The summed E-state index contributed by atoms with van der Waals surface area (Å²) in [5.41, 5.74) is 5.72. The molecule has 114 valence electrons. The Labute approximate surface area is 124 Å². The lowest BCUT2D eigenvalue weighted by atomic mass is 10.1. The van der Waals surface area contributed by atoms with Crippen LogP contribution in [0, 0.1) is 0 Å². The molecule has 1 aromatic carbocycles. The highest BCUT2D eigenvalue weighted by atomic mass is 16.8. The molecule has 1 aromatic rings. The van der Waals surface area contributed by atoms with Gasteiger partial charge in [0.2, 0.25) is 0 Å². The number of hydrogen-bond acceptors (Lipinski definition) is 5. The van der Waals surface area contributed by atoms with Gasteiger partial charge in [0.05, 0.1) is 0 Å². The molecule has 0 bridgehead atoms. The number of benzene rings is 1. The van der Waals surface area contributed by atoms with Crippen LogP contribution in [0.15, 0.2) is 35.5 Å². The Morgan fingerprint density at radius 1 is 1.19 bits per heavy atom. The van der Waals surface area contributed by atoms with E-state index in [-0.39, 0.29) is 0 Å². The summed E-state index contributed by atoms with van der Waals surface area (Å²) in [6.07, 6.45) is 3.46. The minimum absolute atomic E-state index is 0.297. The van der Waals surface area contributed by atoms with Crippen LogP contribution in [0.1, 0.15) is 25.7 Å². The molecule has 6 heteroatoms. The van der Waals surface area contributed by atoms with Gasteiger partial charge in [-0.1, -0.05) is 29.8 Å². The third-order valence-corrected chi connectivity index (χ3v) is 3.31. The van der Waals surface area contributed by atoms with Gasteiger partial charge >= 0.3 is 6.16 Å². The Balaban J connectivity index is 1.68. The molecule has 1 saturated heterocycles. The van der Waals surface area contributed by atoms with Crippen LogP contribution < -0.4 is 10.5 Å². The van der Waals surface area contributed by atoms with Crippen molar-refractivity contribution in [2.75, 3.05) is 19.6 Å². The first-order valence-electron chi connectivity index (χ1n) is 7.22. The van der Waals surface area contributed by atoms with E-state index in [9.17, 15) is 4.79 Å². The predicted octanol–water partition coefficient (Wildman–Crippen LogP) is 2.35. The van der Waals surface area contributed by atoms with Crippen LogP contribution in [0.4, 0.5) is 4.79 Å². The third-order valence-electron chi connectivity index (χ3n) is 3.31. The molecule has 0 saturated carbocycles. The Kier molecular flexibility index (Phi) is 6.02. The van der Waals surface area contributed by atoms with Crippen molar-refractivity contribution in [1.29, 1.82) is 0 Å². The van der Waals surface area contributed by atoms with Gasteiger partial charge in [-0.25, -0.2) is 4.79 Å². The summed E-state index contributed by atoms with van der Waals surface area (Å²) >= 11 is 0. The number of carbonyl (C=O) groups excluding carboxylic acids is 1. The number of nitrogens with two attached hydrogens (primary N) is 1. The summed E-state index contributed by atoms with van der Waals surface area (Å²) in [5.74, 6) is 0.704. The summed E-state index contributed by atoms with van der Waals surface area (Å²) in [7, 11) is 0. The van der Waals surface area contributed by atoms with E-state index in [1.165, 1.54) is 19.3 Å². The number of hydrogen-bond donors (Lipinski definition) is 1. The molecule has 2 rings (SSSR count). The zero-order valence-electron chi connectivity index (χ0n) is 12.0. The number of nitrogens with zero attached hydrogens (tertiary/aromatic N) is 2. The molecule has 0 spiro atoms. The zero-order chi connectivity index (χ0) is 14.9. The van der Waals surface area contributed by atoms with Gasteiger partial charge in [-0.2, -0.15) is 0 Å². The van der Waals surface area contributed by atoms with Gasteiger partial charge in [0, 0.05) is 13.0 Å². The summed E-state index contributed by atoms with van der Waals surface area (Å²) in [6.45, 7) is 3.04. The van der Waals surface area contributed by atoms with Crippen LogP contribution in [0.2, 0.25) is 0 Å². The number of ether oxygens (including phenoxy) is 1. The van der Waals surface area contributed by atoms with E-state index in [0.29, 0.717) is 18.0 Å². The van der Waals surface area contributed by atoms with Gasteiger partial charge in [0.1, 0.15) is 11.6 Å². The van der Waals surface area contributed by atoms with Crippen LogP contribution in [-0.4, -0.2) is 36.5 Å². The molecule has 0 amide bonds. The van der Waals surface area contributed by atoms with E-state index in [1.807, 2.05) is 6.07 Å². The van der Waals surface area contributed by atoms with E-state index in [2.05, 4.69) is 14.9 Å². The lowest BCUT2D eigenvalue weighted by molar-refractivity contribution is 0.102. The van der Waals surface area contributed by atoms with E-state index in [4.69, 9.17) is 10.5 Å². The first kappa shape index (κ1) is 15.3. The first-order valence-corrected chi connectivity index (χ1v) is 7.22. The number of carbonyl (C=O) groups is 1. The summed E-state index contributed by atoms with van der Waals surface area (Å²) in [4.78, 5) is 18.4. The van der Waals surface area contributed by atoms with Gasteiger partial charge in [-0.15, -0.1) is 0 Å². The highest BCUT2D eigenvalue weighted by Crippen LogP contribution is 2.10. The SMILES string of the molecule is NC(CCN1CCCCC1)=NOC(=O)Oc1ccccc1. The standard InChI is InChI=1S/C15H21N3O3/c16-14(9-12-18-10-5-2-6-11-18)17-21-15(19)20-13-7-3-1-4-8-13/h1,3-4,7-8H,2,5-6,9-12H2,(H2,16,17). The van der Waals surface area contributed by atoms with Crippen molar-refractivity contribution in [1.82, 2.24) is 4.90 Å². The Bertz CT molecular complexity index is 470. The quantitative estimate of drug-likeness (QED) is 0.225. The van der Waals surface area contributed by atoms with E-state index in [0.717, 1.165) is 19.6 Å². The third kappa shape index (κ3) is 5.83. The molecule has 0 aliphatic carbocycles. The Hall–Kier alpha value is -2.08. The monoisotopic (exact) mass is 291 g/mol.